The van der Waals surface area contributed by atoms with Gasteiger partial charge < -0.3 is 9.64 Å². The molecule has 51 heavy (non-hydrogen) atoms. The molecule has 3 nitrogen and oxygen atoms in total. The van der Waals surface area contributed by atoms with E-state index >= 15 is 0 Å². The molecule has 0 aromatic carbocycles. The zero-order valence-electron chi connectivity index (χ0n) is 37.3. The number of unbranched alkanes of at least 4 members (excludes halogenated alkanes) is 1. The quantitative estimate of drug-likeness (QED) is 0.0477. The van der Waals surface area contributed by atoms with E-state index in [-0.39, 0.29) is 12.1 Å². The maximum Gasteiger partial charge on any atom is 0.306 e. The summed E-state index contributed by atoms with van der Waals surface area (Å²) in [5.74, 6) is 6.62. The van der Waals surface area contributed by atoms with Gasteiger partial charge in [-0.25, -0.2) is 0 Å². The van der Waals surface area contributed by atoms with Crippen LogP contribution in [0.25, 0.3) is 0 Å². The van der Waals surface area contributed by atoms with Gasteiger partial charge in [-0.15, -0.1) is 0 Å². The largest absolute Gasteiger partial charge is 0.462 e. The van der Waals surface area contributed by atoms with Crippen LogP contribution in [0, 0.1) is 47.3 Å². The van der Waals surface area contributed by atoms with Gasteiger partial charge in [0.25, 0.3) is 0 Å². The van der Waals surface area contributed by atoms with Crippen LogP contribution in [-0.2, 0) is 9.53 Å². The zero-order chi connectivity index (χ0) is 38.4. The summed E-state index contributed by atoms with van der Waals surface area (Å²) in [5.41, 5.74) is 0. The van der Waals surface area contributed by atoms with E-state index in [1.807, 2.05) is 0 Å². The van der Waals surface area contributed by atoms with E-state index in [4.69, 9.17) is 4.74 Å². The molecule has 0 N–H and O–H groups in total. The van der Waals surface area contributed by atoms with E-state index in [0.717, 1.165) is 67.7 Å². The lowest BCUT2D eigenvalue weighted by molar-refractivity contribution is -0.150. The summed E-state index contributed by atoms with van der Waals surface area (Å²) in [7, 11) is 4.21. The topological polar surface area (TPSA) is 29.5 Å². The van der Waals surface area contributed by atoms with Gasteiger partial charge in [-0.05, 0) is 107 Å². The van der Waals surface area contributed by atoms with Gasteiger partial charge in [0, 0.05) is 6.42 Å². The molecular formula is C48H97NO2. The molecule has 0 aliphatic carbocycles. The molecule has 306 valence electrons. The Morgan fingerprint density at radius 2 is 0.686 bits per heavy atom. The Morgan fingerprint density at radius 3 is 0.980 bits per heavy atom. The van der Waals surface area contributed by atoms with Crippen molar-refractivity contribution < 1.29 is 9.53 Å². The summed E-state index contributed by atoms with van der Waals surface area (Å²) in [6.07, 6.45) is 31.9. The number of carbonyl (C=O) groups excluding carboxylic acids is 1. The molecule has 3 heteroatoms. The minimum Gasteiger partial charge on any atom is -0.462 e. The predicted molar refractivity (Wildman–Crippen MR) is 229 cm³/mol. The molecule has 0 aliphatic heterocycles. The normalized spacial score (nSPS) is 16.4. The Labute approximate surface area is 323 Å². The lowest BCUT2D eigenvalue weighted by Crippen LogP contribution is -2.20. The van der Waals surface area contributed by atoms with Crippen LogP contribution in [0.5, 0.6) is 0 Å². The minimum atomic E-state index is 0.0326. The smallest absolute Gasteiger partial charge is 0.306 e. The van der Waals surface area contributed by atoms with E-state index in [1.54, 1.807) is 0 Å². The third kappa shape index (κ3) is 34.9. The third-order valence-electron chi connectivity index (χ3n) is 12.0. The summed E-state index contributed by atoms with van der Waals surface area (Å²) >= 11 is 0. The molecule has 0 bridgehead atoms. The van der Waals surface area contributed by atoms with Crippen LogP contribution in [0.2, 0.25) is 0 Å². The first-order valence-corrected chi connectivity index (χ1v) is 23.0. The average Bonchev–Trinajstić information content (AvgIpc) is 3.04. The summed E-state index contributed by atoms with van der Waals surface area (Å²) < 4.78 is 6.19. The number of hydrogen-bond donors (Lipinski definition) is 0. The Balaban J connectivity index is 4.51. The second-order valence-electron chi connectivity index (χ2n) is 19.5. The highest BCUT2D eigenvalue weighted by atomic mass is 16.5. The molecule has 0 rings (SSSR count). The van der Waals surface area contributed by atoms with Crippen molar-refractivity contribution in [1.82, 2.24) is 4.90 Å². The van der Waals surface area contributed by atoms with Crippen LogP contribution in [-0.4, -0.2) is 37.6 Å². The van der Waals surface area contributed by atoms with Crippen molar-refractivity contribution in [2.45, 2.75) is 236 Å². The van der Waals surface area contributed by atoms with Crippen molar-refractivity contribution in [3.8, 4) is 0 Å². The highest BCUT2D eigenvalue weighted by molar-refractivity contribution is 5.69. The van der Waals surface area contributed by atoms with Gasteiger partial charge in [0.2, 0.25) is 0 Å². The fourth-order valence-electron chi connectivity index (χ4n) is 8.02. The first-order chi connectivity index (χ1) is 24.2. The molecule has 0 saturated carbocycles. The van der Waals surface area contributed by atoms with Gasteiger partial charge in [-0.2, -0.15) is 0 Å². The van der Waals surface area contributed by atoms with Crippen molar-refractivity contribution >= 4 is 5.97 Å². The molecule has 6 atom stereocenters. The number of carbonyl (C=O) groups is 1. The van der Waals surface area contributed by atoms with Gasteiger partial charge in [0.05, 0.1) is 0 Å². The maximum atomic E-state index is 12.9. The zero-order valence-corrected chi connectivity index (χ0v) is 37.3. The summed E-state index contributed by atoms with van der Waals surface area (Å²) in [6.45, 7) is 25.2. The van der Waals surface area contributed by atoms with Crippen LogP contribution >= 0.6 is 0 Å². The van der Waals surface area contributed by atoms with Crippen molar-refractivity contribution in [1.29, 1.82) is 0 Å². The number of hydrogen-bond acceptors (Lipinski definition) is 3. The second-order valence-corrected chi connectivity index (χ2v) is 19.5. The van der Waals surface area contributed by atoms with Crippen LogP contribution in [0.4, 0.5) is 0 Å². The Morgan fingerprint density at radius 1 is 0.392 bits per heavy atom. The fraction of sp³-hybridized carbons (Fsp3) is 0.979. The molecular weight excluding hydrogens is 623 g/mol. The van der Waals surface area contributed by atoms with Crippen LogP contribution in [0.3, 0.4) is 0 Å². The van der Waals surface area contributed by atoms with Crippen molar-refractivity contribution in [3.05, 3.63) is 0 Å². The number of esters is 1. The Kier molecular flexibility index (Phi) is 32.5. The van der Waals surface area contributed by atoms with Crippen LogP contribution < -0.4 is 0 Å². The first-order valence-electron chi connectivity index (χ1n) is 23.0. The van der Waals surface area contributed by atoms with Crippen molar-refractivity contribution in [2.75, 3.05) is 20.6 Å². The summed E-state index contributed by atoms with van der Waals surface area (Å²) in [4.78, 5) is 15.1. The standard InChI is InChI=1S/C48H97NO2/c1-39(2)21-15-23-41(5)25-17-27-43(7)29-19-31-45(9)34-36-47(51-48(50)33-13-14-38-49(11)12)37-35-46(10)32-20-30-44(8)28-18-26-42(6)24-16-22-40(3)4/h39-47H,13-38H2,1-12H3. The van der Waals surface area contributed by atoms with Crippen molar-refractivity contribution in [3.63, 3.8) is 0 Å². The van der Waals surface area contributed by atoms with Gasteiger partial charge in [0.15, 0.2) is 0 Å². The fourth-order valence-corrected chi connectivity index (χ4v) is 8.02. The lowest BCUT2D eigenvalue weighted by Gasteiger charge is -2.22. The molecule has 0 aromatic rings. The number of nitrogens with zero attached hydrogens (tertiary/aromatic N) is 1. The highest BCUT2D eigenvalue weighted by Crippen LogP contribution is 2.27. The molecule has 0 amide bonds. The SMILES string of the molecule is CC(C)CCCC(C)CCCC(C)CCCC(C)CCC(CCC(C)CCCC(C)CCCC(C)CCCC(C)C)OC(=O)CCCCN(C)C. The predicted octanol–water partition coefficient (Wildman–Crippen LogP) is 15.3. The van der Waals surface area contributed by atoms with E-state index < -0.39 is 0 Å². The summed E-state index contributed by atoms with van der Waals surface area (Å²) in [5, 5.41) is 0. The van der Waals surface area contributed by atoms with Crippen LogP contribution in [0.15, 0.2) is 0 Å². The average molecular weight is 720 g/mol. The van der Waals surface area contributed by atoms with E-state index in [9.17, 15) is 4.79 Å². The van der Waals surface area contributed by atoms with E-state index in [2.05, 4.69) is 88.2 Å². The number of rotatable bonds is 36. The maximum absolute atomic E-state index is 12.9. The van der Waals surface area contributed by atoms with Crippen molar-refractivity contribution in [2.24, 2.45) is 47.3 Å². The third-order valence-corrected chi connectivity index (χ3v) is 12.0. The molecule has 0 spiro atoms. The molecule has 0 radical (unpaired) electrons. The highest BCUT2D eigenvalue weighted by Gasteiger charge is 2.18. The van der Waals surface area contributed by atoms with Gasteiger partial charge in [-0.3, -0.25) is 4.79 Å². The van der Waals surface area contributed by atoms with Gasteiger partial charge >= 0.3 is 5.97 Å². The Bertz CT molecular complexity index is 714. The molecule has 0 fully saturated rings. The number of ether oxygens (including phenoxy) is 1. The second kappa shape index (κ2) is 32.8. The van der Waals surface area contributed by atoms with Gasteiger partial charge in [-0.1, -0.05) is 185 Å². The lowest BCUT2D eigenvalue weighted by atomic mass is 9.89. The Hall–Kier alpha value is -0.570. The minimum absolute atomic E-state index is 0.0326. The van der Waals surface area contributed by atoms with Gasteiger partial charge in [0.1, 0.15) is 6.10 Å². The summed E-state index contributed by atoms with van der Waals surface area (Å²) in [6, 6.07) is 0. The monoisotopic (exact) mass is 720 g/mol. The first kappa shape index (κ1) is 50.4. The molecule has 6 unspecified atom stereocenters. The molecule has 0 aromatic heterocycles. The van der Waals surface area contributed by atoms with E-state index in [1.165, 1.54) is 128 Å². The van der Waals surface area contributed by atoms with E-state index in [0.29, 0.717) is 18.3 Å². The molecule has 0 heterocycles. The molecule has 0 saturated heterocycles. The van der Waals surface area contributed by atoms with Crippen LogP contribution in [0.1, 0.15) is 230 Å². The molecule has 0 aliphatic rings.